The molecule has 4 N–H and O–H groups in total. The molecule has 12 nitrogen and oxygen atoms in total. The molecule has 45 heavy (non-hydrogen) atoms. The van der Waals surface area contributed by atoms with Crippen LogP contribution in [-0.2, 0) is 28.8 Å². The van der Waals surface area contributed by atoms with E-state index in [2.05, 4.69) is 21.3 Å². The second-order valence-electron chi connectivity index (χ2n) is 13.4. The van der Waals surface area contributed by atoms with E-state index in [9.17, 15) is 28.8 Å². The highest BCUT2D eigenvalue weighted by molar-refractivity contribution is 6.38. The first-order chi connectivity index (χ1) is 21.3. The highest BCUT2D eigenvalue weighted by atomic mass is 16.2. The molecule has 0 aromatic rings. The number of allylic oxidation sites excluding steroid dienone is 3. The fourth-order valence-electron chi connectivity index (χ4n) is 6.19. The predicted molar refractivity (Wildman–Crippen MR) is 171 cm³/mol. The average molecular weight is 629 g/mol. The lowest BCUT2D eigenvalue weighted by Gasteiger charge is -2.37. The SMILES string of the molecule is CCC(C)(C)C(NC)C(=O)N1CCCC1C(=O)NC(CC1CCC1)C(=O)C(=O)NCC(=O)NC(C(=O)N(C)C)C1C=CC=CC1. The number of rotatable bonds is 15. The molecule has 0 spiro atoms. The van der Waals surface area contributed by atoms with E-state index in [0.29, 0.717) is 32.2 Å². The van der Waals surface area contributed by atoms with Gasteiger partial charge in [0.2, 0.25) is 29.4 Å². The number of amides is 5. The van der Waals surface area contributed by atoms with Crippen molar-refractivity contribution < 1.29 is 28.8 Å². The normalized spacial score (nSPS) is 21.7. The molecule has 0 aromatic heterocycles. The fraction of sp³-hybridized carbons (Fsp3) is 0.697. The number of nitrogens with one attached hydrogen (secondary N) is 4. The van der Waals surface area contributed by atoms with Crippen LogP contribution in [0.25, 0.3) is 0 Å². The van der Waals surface area contributed by atoms with Crippen LogP contribution in [-0.4, -0.2) is 104 Å². The first-order valence-electron chi connectivity index (χ1n) is 16.2. The smallest absolute Gasteiger partial charge is 0.290 e. The number of hydrogen-bond donors (Lipinski definition) is 4. The molecule has 2 fully saturated rings. The summed E-state index contributed by atoms with van der Waals surface area (Å²) < 4.78 is 0. The monoisotopic (exact) mass is 628 g/mol. The van der Waals surface area contributed by atoms with Gasteiger partial charge in [0.15, 0.2) is 0 Å². The summed E-state index contributed by atoms with van der Waals surface area (Å²) in [5.41, 5.74) is -0.327. The third-order valence-corrected chi connectivity index (χ3v) is 9.59. The van der Waals surface area contributed by atoms with Crippen molar-refractivity contribution >= 4 is 35.3 Å². The number of nitrogens with zero attached hydrogens (tertiary/aromatic N) is 2. The molecule has 0 bridgehead atoms. The van der Waals surface area contributed by atoms with Gasteiger partial charge in [-0.3, -0.25) is 28.8 Å². The van der Waals surface area contributed by atoms with Crippen molar-refractivity contribution in [2.24, 2.45) is 17.3 Å². The fourth-order valence-corrected chi connectivity index (χ4v) is 6.19. The van der Waals surface area contributed by atoms with Gasteiger partial charge >= 0.3 is 0 Å². The quantitative estimate of drug-likeness (QED) is 0.198. The third kappa shape index (κ3) is 9.24. The number of hydrogen-bond acceptors (Lipinski definition) is 7. The maximum atomic E-state index is 13.6. The van der Waals surface area contributed by atoms with E-state index in [0.717, 1.165) is 25.7 Å². The third-order valence-electron chi connectivity index (χ3n) is 9.59. The molecule has 5 amide bonds. The lowest BCUT2D eigenvalue weighted by atomic mass is 9.80. The molecule has 12 heteroatoms. The Kier molecular flexibility index (Phi) is 12.9. The van der Waals surface area contributed by atoms with E-state index in [-0.39, 0.29) is 29.1 Å². The summed E-state index contributed by atoms with van der Waals surface area (Å²) in [4.78, 5) is 82.0. The first-order valence-corrected chi connectivity index (χ1v) is 16.2. The Morgan fingerprint density at radius 1 is 1.00 bits per heavy atom. The van der Waals surface area contributed by atoms with Crippen LogP contribution in [0.15, 0.2) is 24.3 Å². The molecule has 3 rings (SSSR count). The minimum absolute atomic E-state index is 0.154. The van der Waals surface area contributed by atoms with Crippen LogP contribution in [0.5, 0.6) is 0 Å². The number of Topliss-reactive ketones (excluding diaryl/α,β-unsaturated/α-hetero) is 1. The average Bonchev–Trinajstić information content (AvgIpc) is 3.50. The van der Waals surface area contributed by atoms with E-state index >= 15 is 0 Å². The Hall–Kier alpha value is -3.54. The van der Waals surface area contributed by atoms with Gasteiger partial charge in [-0.25, -0.2) is 0 Å². The molecule has 2 aliphatic carbocycles. The summed E-state index contributed by atoms with van der Waals surface area (Å²) in [6, 6.07) is -3.10. The van der Waals surface area contributed by atoms with Gasteiger partial charge in [-0.15, -0.1) is 0 Å². The van der Waals surface area contributed by atoms with E-state index in [1.807, 2.05) is 45.1 Å². The molecule has 1 aliphatic heterocycles. The summed E-state index contributed by atoms with van der Waals surface area (Å²) in [6.45, 7) is 5.98. The highest BCUT2D eigenvalue weighted by Crippen LogP contribution is 2.31. The molecule has 3 aliphatic rings. The van der Waals surface area contributed by atoms with Crippen molar-refractivity contribution in [3.63, 3.8) is 0 Å². The van der Waals surface area contributed by atoms with Crippen LogP contribution in [0.4, 0.5) is 0 Å². The van der Waals surface area contributed by atoms with Crippen LogP contribution in [0.3, 0.4) is 0 Å². The van der Waals surface area contributed by atoms with Crippen LogP contribution in [0.2, 0.25) is 0 Å². The molecular weight excluding hydrogens is 576 g/mol. The molecular formula is C33H52N6O6. The highest BCUT2D eigenvalue weighted by Gasteiger charge is 2.43. The second-order valence-corrected chi connectivity index (χ2v) is 13.4. The molecule has 1 saturated carbocycles. The Balaban J connectivity index is 1.64. The van der Waals surface area contributed by atoms with Crippen LogP contribution in [0.1, 0.15) is 72.1 Å². The molecule has 250 valence electrons. The van der Waals surface area contributed by atoms with Gasteiger partial charge in [-0.2, -0.15) is 0 Å². The molecule has 5 atom stereocenters. The number of carbonyl (C=O) groups excluding carboxylic acids is 6. The Morgan fingerprint density at radius 3 is 2.27 bits per heavy atom. The maximum absolute atomic E-state index is 13.6. The van der Waals surface area contributed by atoms with Gasteiger partial charge in [0.1, 0.15) is 12.1 Å². The van der Waals surface area contributed by atoms with E-state index in [4.69, 9.17) is 0 Å². The van der Waals surface area contributed by atoms with Gasteiger partial charge < -0.3 is 31.1 Å². The van der Waals surface area contributed by atoms with E-state index < -0.39 is 54.2 Å². The van der Waals surface area contributed by atoms with Crippen molar-refractivity contribution in [1.82, 2.24) is 31.1 Å². The van der Waals surface area contributed by atoms with E-state index in [1.54, 1.807) is 26.0 Å². The van der Waals surface area contributed by atoms with Crippen LogP contribution in [0, 0.1) is 17.3 Å². The van der Waals surface area contributed by atoms with Gasteiger partial charge in [-0.05, 0) is 50.5 Å². The van der Waals surface area contributed by atoms with Crippen molar-refractivity contribution in [1.29, 1.82) is 0 Å². The number of likely N-dealkylation sites (N-methyl/N-ethyl adjacent to an activating group) is 2. The Bertz CT molecular complexity index is 1180. The molecule has 0 radical (unpaired) electrons. The summed E-state index contributed by atoms with van der Waals surface area (Å²) in [5.74, 6) is -3.35. The van der Waals surface area contributed by atoms with Gasteiger partial charge in [0.25, 0.3) is 5.91 Å². The molecule has 1 saturated heterocycles. The van der Waals surface area contributed by atoms with E-state index in [1.165, 1.54) is 4.90 Å². The number of ketones is 1. The van der Waals surface area contributed by atoms with Crippen molar-refractivity contribution in [2.45, 2.75) is 96.3 Å². The molecule has 5 unspecified atom stereocenters. The number of carbonyl (C=O) groups is 6. The van der Waals surface area contributed by atoms with Gasteiger partial charge in [0.05, 0.1) is 18.6 Å². The Labute approximate surface area is 267 Å². The summed E-state index contributed by atoms with van der Waals surface area (Å²) >= 11 is 0. The molecule has 1 heterocycles. The van der Waals surface area contributed by atoms with Crippen LogP contribution < -0.4 is 21.3 Å². The molecule has 0 aromatic carbocycles. The largest absolute Gasteiger partial charge is 0.347 e. The summed E-state index contributed by atoms with van der Waals surface area (Å²) in [7, 11) is 4.95. The second kappa shape index (κ2) is 16.1. The summed E-state index contributed by atoms with van der Waals surface area (Å²) in [5, 5.41) is 11.0. The summed E-state index contributed by atoms with van der Waals surface area (Å²) in [6.07, 6.45) is 13.1. The predicted octanol–water partition coefficient (Wildman–Crippen LogP) is 1.07. The lowest BCUT2D eigenvalue weighted by molar-refractivity contribution is -0.144. The zero-order valence-electron chi connectivity index (χ0n) is 27.7. The number of likely N-dealkylation sites (tertiary alicyclic amines) is 1. The van der Waals surface area contributed by atoms with Crippen molar-refractivity contribution in [3.8, 4) is 0 Å². The minimum Gasteiger partial charge on any atom is -0.347 e. The maximum Gasteiger partial charge on any atom is 0.290 e. The Morgan fingerprint density at radius 2 is 1.71 bits per heavy atom. The van der Waals surface area contributed by atoms with Gasteiger partial charge in [0, 0.05) is 26.6 Å². The topological polar surface area (TPSA) is 157 Å². The lowest BCUT2D eigenvalue weighted by Crippen LogP contribution is -2.58. The van der Waals surface area contributed by atoms with Crippen molar-refractivity contribution in [2.75, 3.05) is 34.2 Å². The van der Waals surface area contributed by atoms with Crippen molar-refractivity contribution in [3.05, 3.63) is 24.3 Å². The van der Waals surface area contributed by atoms with Crippen LogP contribution >= 0.6 is 0 Å². The van der Waals surface area contributed by atoms with Gasteiger partial charge in [-0.1, -0.05) is 64.3 Å². The standard InChI is InChI=1S/C33H52N6O6/c1-7-33(2,3)28(34-4)32(45)39-18-12-17-24(39)29(42)36-23(19-21-13-11-14-21)27(41)30(43)35-20-25(40)37-26(31(44)38(5)6)22-15-9-8-10-16-22/h8-10,15,21-24,26,28,34H,7,11-14,16-20H2,1-6H3,(H,35,43)(H,36,42)(H,37,40). The zero-order valence-corrected chi connectivity index (χ0v) is 27.7. The minimum atomic E-state index is -1.07. The zero-order chi connectivity index (χ0) is 33.3. The first kappa shape index (κ1) is 35.9.